The van der Waals surface area contributed by atoms with Gasteiger partial charge in [-0.1, -0.05) is 19.9 Å². The molecule has 0 radical (unpaired) electrons. The Kier molecular flexibility index (Phi) is 4.20. The average Bonchev–Trinajstić information content (AvgIpc) is 2.65. The number of hydrogen-bond acceptors (Lipinski definition) is 5. The molecule has 1 saturated carbocycles. The van der Waals surface area contributed by atoms with Crippen LogP contribution in [-0.2, 0) is 26.2 Å². The van der Waals surface area contributed by atoms with Crippen molar-refractivity contribution in [1.29, 1.82) is 0 Å². The summed E-state index contributed by atoms with van der Waals surface area (Å²) in [5.74, 6) is 0.443. The number of hydrogen-bond donors (Lipinski definition) is 0. The third-order valence-electron chi connectivity index (χ3n) is 8.39. The summed E-state index contributed by atoms with van der Waals surface area (Å²) < 4.78 is 11.0. The van der Waals surface area contributed by atoms with Crippen LogP contribution in [0.3, 0.4) is 0 Å². The second-order valence-electron chi connectivity index (χ2n) is 9.30. The Morgan fingerprint density at radius 2 is 1.96 bits per heavy atom. The number of fused-ring (bicyclic) bond motifs is 2. The molecule has 0 N–H and O–H groups in total. The van der Waals surface area contributed by atoms with Crippen LogP contribution in [0, 0.1) is 10.8 Å². The third kappa shape index (κ3) is 2.11. The first-order valence-electron chi connectivity index (χ1n) is 10.2. The van der Waals surface area contributed by atoms with Crippen LogP contribution in [0.2, 0.25) is 0 Å². The molecule has 5 rings (SSSR count). The van der Waals surface area contributed by atoms with Gasteiger partial charge in [0.15, 0.2) is 0 Å². The summed E-state index contributed by atoms with van der Waals surface area (Å²) in [5.41, 5.74) is 1.25. The Morgan fingerprint density at radius 3 is 2.57 bits per heavy atom. The molecule has 0 spiro atoms. The van der Waals surface area contributed by atoms with Crippen molar-refractivity contribution in [3.63, 3.8) is 0 Å². The lowest BCUT2D eigenvalue weighted by Gasteiger charge is -2.71. The molecule has 1 aromatic rings. The number of ketones is 1. The van der Waals surface area contributed by atoms with Gasteiger partial charge in [-0.3, -0.25) is 14.5 Å². The monoisotopic (exact) mass is 385 g/mol. The lowest BCUT2D eigenvalue weighted by Crippen LogP contribution is -2.78. The highest BCUT2D eigenvalue weighted by molar-refractivity contribution is 6.04. The highest BCUT2D eigenvalue weighted by Gasteiger charge is 2.73. The van der Waals surface area contributed by atoms with Crippen molar-refractivity contribution in [2.75, 3.05) is 20.8 Å². The first-order chi connectivity index (χ1) is 13.2. The number of carbonyl (C=O) groups excluding carboxylic acids is 2. The number of ether oxygens (including phenoxy) is 2. The largest absolute Gasteiger partial charge is 0.497 e. The molecule has 5 unspecified atom stereocenters. The Balaban J connectivity index is 1.90. The Morgan fingerprint density at radius 1 is 1.25 bits per heavy atom. The summed E-state index contributed by atoms with van der Waals surface area (Å²) in [5, 5.41) is 0. The van der Waals surface area contributed by atoms with E-state index < -0.39 is 5.41 Å². The predicted octanol–water partition coefficient (Wildman–Crippen LogP) is 3.13. The van der Waals surface area contributed by atoms with Gasteiger partial charge in [-0.15, -0.1) is 0 Å². The Labute approximate surface area is 167 Å². The van der Waals surface area contributed by atoms with E-state index in [1.54, 1.807) is 21.0 Å². The van der Waals surface area contributed by atoms with Crippen LogP contribution >= 0.6 is 0 Å². The molecule has 0 aromatic heterocycles. The Hall–Kier alpha value is -1.88. The number of rotatable bonds is 4. The van der Waals surface area contributed by atoms with Gasteiger partial charge in [0, 0.05) is 17.5 Å². The molecule has 3 fully saturated rings. The van der Waals surface area contributed by atoms with Gasteiger partial charge in [-0.25, -0.2) is 0 Å². The zero-order chi connectivity index (χ0) is 20.5. The van der Waals surface area contributed by atoms with E-state index in [1.807, 2.05) is 6.07 Å². The predicted molar refractivity (Wildman–Crippen MR) is 106 cm³/mol. The molecule has 28 heavy (non-hydrogen) atoms. The number of nitrogens with zero attached hydrogens (tertiary/aromatic N) is 1. The molecule has 0 amide bonds. The minimum absolute atomic E-state index is 0.0686. The van der Waals surface area contributed by atoms with Gasteiger partial charge in [0.25, 0.3) is 0 Å². The minimum atomic E-state index is -1.08. The van der Waals surface area contributed by atoms with Gasteiger partial charge in [-0.05, 0) is 68.8 Å². The molecule has 2 aliphatic heterocycles. The summed E-state index contributed by atoms with van der Waals surface area (Å²) >= 11 is 0. The molecular formula is C23H31NO4. The van der Waals surface area contributed by atoms with Crippen molar-refractivity contribution in [1.82, 2.24) is 4.90 Å². The summed E-state index contributed by atoms with van der Waals surface area (Å²) in [7, 11) is 3.78. The quantitative estimate of drug-likeness (QED) is 0.589. The molecule has 2 aliphatic carbocycles. The average molecular weight is 386 g/mol. The molecule has 2 heterocycles. The highest BCUT2D eigenvalue weighted by Crippen LogP contribution is 2.68. The topological polar surface area (TPSA) is 55.8 Å². The lowest BCUT2D eigenvalue weighted by molar-refractivity contribution is -0.207. The molecule has 2 saturated heterocycles. The first kappa shape index (κ1) is 19.4. The fourth-order valence-electron chi connectivity index (χ4n) is 6.67. The summed E-state index contributed by atoms with van der Waals surface area (Å²) in [6.45, 7) is 8.23. The lowest BCUT2D eigenvalue weighted by atomic mass is 9.39. The number of likely N-dealkylation sites (N-methyl/N-ethyl adjacent to an activating group) is 1. The second kappa shape index (κ2) is 6.06. The smallest absolute Gasteiger partial charge is 0.321 e. The molecule has 152 valence electrons. The molecular weight excluding hydrogens is 354 g/mol. The van der Waals surface area contributed by atoms with Crippen molar-refractivity contribution >= 4 is 11.8 Å². The van der Waals surface area contributed by atoms with Gasteiger partial charge in [-0.2, -0.15) is 0 Å². The van der Waals surface area contributed by atoms with E-state index in [1.165, 1.54) is 11.1 Å². The minimum Gasteiger partial charge on any atom is -0.497 e. The molecule has 4 aliphatic rings. The Bertz CT molecular complexity index is 851. The molecule has 1 aromatic carbocycles. The molecule has 5 heteroatoms. The van der Waals surface area contributed by atoms with E-state index >= 15 is 0 Å². The van der Waals surface area contributed by atoms with Crippen LogP contribution < -0.4 is 4.74 Å². The summed E-state index contributed by atoms with van der Waals surface area (Å²) in [4.78, 5) is 28.4. The SMILES string of the molecule is CCOC(=O)C1(C(C)=O)CC2(C)C3Cc4ccc(OC)cc4C2(C)CC1N3C. The maximum atomic E-state index is 13.1. The molecule has 5 nitrogen and oxygen atoms in total. The van der Waals surface area contributed by atoms with Crippen molar-refractivity contribution in [2.24, 2.45) is 10.8 Å². The van der Waals surface area contributed by atoms with E-state index in [2.05, 4.69) is 37.9 Å². The zero-order valence-electron chi connectivity index (χ0n) is 17.8. The van der Waals surface area contributed by atoms with E-state index in [0.29, 0.717) is 19.1 Å². The molecule has 4 bridgehead atoms. The summed E-state index contributed by atoms with van der Waals surface area (Å²) in [6, 6.07) is 6.51. The van der Waals surface area contributed by atoms with Gasteiger partial charge in [0.2, 0.25) is 0 Å². The van der Waals surface area contributed by atoms with Crippen molar-refractivity contribution in [3.8, 4) is 5.75 Å². The maximum absolute atomic E-state index is 13.1. The fourth-order valence-corrected chi connectivity index (χ4v) is 6.67. The maximum Gasteiger partial charge on any atom is 0.321 e. The van der Waals surface area contributed by atoms with E-state index in [0.717, 1.165) is 18.6 Å². The number of carbonyl (C=O) groups is 2. The van der Waals surface area contributed by atoms with Crippen LogP contribution in [0.15, 0.2) is 18.2 Å². The number of methoxy groups -OCH3 is 1. The van der Waals surface area contributed by atoms with Gasteiger partial charge in [0.1, 0.15) is 16.9 Å². The fraction of sp³-hybridized carbons (Fsp3) is 0.652. The van der Waals surface area contributed by atoms with Gasteiger partial charge >= 0.3 is 5.97 Å². The van der Waals surface area contributed by atoms with Crippen molar-refractivity contribution < 1.29 is 19.1 Å². The van der Waals surface area contributed by atoms with Crippen LogP contribution in [0.4, 0.5) is 0 Å². The van der Waals surface area contributed by atoms with E-state index in [9.17, 15) is 9.59 Å². The summed E-state index contributed by atoms with van der Waals surface area (Å²) in [6.07, 6.45) is 2.23. The third-order valence-corrected chi connectivity index (χ3v) is 8.39. The normalized spacial score (nSPS) is 38.6. The number of piperidine rings is 2. The first-order valence-corrected chi connectivity index (χ1v) is 10.2. The van der Waals surface area contributed by atoms with Crippen LogP contribution in [0.5, 0.6) is 5.75 Å². The molecule has 5 atom stereocenters. The number of benzene rings is 1. The highest BCUT2D eigenvalue weighted by atomic mass is 16.5. The van der Waals surface area contributed by atoms with Crippen LogP contribution in [0.25, 0.3) is 0 Å². The number of esters is 1. The standard InChI is InChI=1S/C23H31NO4/c1-7-28-20(26)23(14(2)25)13-22(4)18-10-15-8-9-16(27-6)11-17(15)21(22,3)12-19(23)24(18)5/h8-9,11,18-19H,7,10,12-13H2,1-6H3. The van der Waals surface area contributed by atoms with Crippen LogP contribution in [0.1, 0.15) is 51.7 Å². The number of Topliss-reactive ketones (excluding diaryl/α,β-unsaturated/α-hetero) is 1. The van der Waals surface area contributed by atoms with Gasteiger partial charge < -0.3 is 9.47 Å². The van der Waals surface area contributed by atoms with E-state index in [4.69, 9.17) is 9.47 Å². The van der Waals surface area contributed by atoms with E-state index in [-0.39, 0.29) is 28.6 Å². The van der Waals surface area contributed by atoms with Crippen molar-refractivity contribution in [2.45, 2.75) is 64.5 Å². The zero-order valence-corrected chi connectivity index (χ0v) is 17.8. The van der Waals surface area contributed by atoms with Gasteiger partial charge in [0.05, 0.1) is 13.7 Å². The van der Waals surface area contributed by atoms with Crippen LogP contribution in [-0.4, -0.2) is 49.5 Å². The second-order valence-corrected chi connectivity index (χ2v) is 9.30. The van der Waals surface area contributed by atoms with Crippen molar-refractivity contribution in [3.05, 3.63) is 29.3 Å².